The van der Waals surface area contributed by atoms with Gasteiger partial charge in [-0.3, -0.25) is 4.79 Å². The van der Waals surface area contributed by atoms with Gasteiger partial charge in [0.1, 0.15) is 0 Å². The fourth-order valence-corrected chi connectivity index (χ4v) is 2.27. The minimum absolute atomic E-state index is 0.233. The van der Waals surface area contributed by atoms with Gasteiger partial charge in [0.2, 0.25) is 0 Å². The maximum absolute atomic E-state index is 11.7. The summed E-state index contributed by atoms with van der Waals surface area (Å²) in [4.78, 5) is 12.6. The second-order valence-corrected chi connectivity index (χ2v) is 5.32. The molecular weight excluding hydrogens is 281 g/mol. The molecule has 7 heteroatoms. The smallest absolute Gasteiger partial charge is 0.272 e. The van der Waals surface area contributed by atoms with Crippen LogP contribution in [0.3, 0.4) is 0 Å². The van der Waals surface area contributed by atoms with Gasteiger partial charge < -0.3 is 5.32 Å². The van der Waals surface area contributed by atoms with Gasteiger partial charge in [0.05, 0.1) is 10.9 Å². The Bertz CT molecular complexity index is 527. The largest absolute Gasteiger partial charge is 0.346 e. The molecule has 17 heavy (non-hydrogen) atoms. The summed E-state index contributed by atoms with van der Waals surface area (Å²) in [5.74, 6) is -0.293. The van der Waals surface area contributed by atoms with Crippen molar-refractivity contribution >= 4 is 40.4 Å². The third-order valence-corrected chi connectivity index (χ3v) is 3.35. The lowest BCUT2D eigenvalue weighted by Crippen LogP contribution is -2.23. The third kappa shape index (κ3) is 3.39. The fraction of sp³-hybridized carbons (Fsp3) is 0.100. The molecule has 0 saturated heterocycles. The molecule has 2 rings (SSSR count). The standard InChI is InChI=1S/C10H7Cl2N3OS/c11-8-3-2-7(14-15-8)10(16)13-5-6-1-4-9(12)17-6/h1-4H,5H2,(H,13,16). The van der Waals surface area contributed by atoms with Crippen LogP contribution in [0, 0.1) is 0 Å². The molecule has 0 saturated carbocycles. The fourth-order valence-electron chi connectivity index (χ4n) is 1.14. The molecule has 0 aliphatic heterocycles. The van der Waals surface area contributed by atoms with Crippen LogP contribution in [-0.2, 0) is 6.54 Å². The number of amides is 1. The van der Waals surface area contributed by atoms with Crippen LogP contribution in [0.1, 0.15) is 15.4 Å². The van der Waals surface area contributed by atoms with Gasteiger partial charge >= 0.3 is 0 Å². The molecule has 1 amide bonds. The average Bonchev–Trinajstić information content (AvgIpc) is 2.73. The molecule has 0 unspecified atom stereocenters. The number of carbonyl (C=O) groups is 1. The van der Waals surface area contributed by atoms with Crippen molar-refractivity contribution in [2.45, 2.75) is 6.54 Å². The highest BCUT2D eigenvalue weighted by molar-refractivity contribution is 7.16. The molecule has 0 fully saturated rings. The number of hydrogen-bond acceptors (Lipinski definition) is 4. The van der Waals surface area contributed by atoms with E-state index >= 15 is 0 Å². The van der Waals surface area contributed by atoms with E-state index in [4.69, 9.17) is 23.2 Å². The third-order valence-electron chi connectivity index (χ3n) is 1.92. The number of thiophene rings is 1. The van der Waals surface area contributed by atoms with E-state index in [1.807, 2.05) is 6.07 Å². The lowest BCUT2D eigenvalue weighted by molar-refractivity contribution is 0.0945. The SMILES string of the molecule is O=C(NCc1ccc(Cl)s1)c1ccc(Cl)nn1. The van der Waals surface area contributed by atoms with Crippen molar-refractivity contribution in [2.24, 2.45) is 0 Å². The zero-order valence-corrected chi connectivity index (χ0v) is 10.8. The van der Waals surface area contributed by atoms with Gasteiger partial charge in [0.15, 0.2) is 10.8 Å². The number of hydrogen-bond donors (Lipinski definition) is 1. The second-order valence-electron chi connectivity index (χ2n) is 3.13. The molecule has 0 spiro atoms. The Kier molecular flexibility index (Phi) is 3.93. The number of nitrogens with one attached hydrogen (secondary N) is 1. The minimum atomic E-state index is -0.293. The number of halogens is 2. The molecule has 4 nitrogen and oxygen atoms in total. The first-order chi connectivity index (χ1) is 8.15. The van der Waals surface area contributed by atoms with Gasteiger partial charge in [0.25, 0.3) is 5.91 Å². The summed E-state index contributed by atoms with van der Waals surface area (Å²) >= 11 is 12.8. The van der Waals surface area contributed by atoms with Crippen LogP contribution in [0.15, 0.2) is 24.3 Å². The molecule has 2 aromatic heterocycles. The van der Waals surface area contributed by atoms with Crippen molar-refractivity contribution < 1.29 is 4.79 Å². The van der Waals surface area contributed by atoms with Crippen LogP contribution in [-0.4, -0.2) is 16.1 Å². The summed E-state index contributed by atoms with van der Waals surface area (Å²) < 4.78 is 0.695. The highest BCUT2D eigenvalue weighted by atomic mass is 35.5. The van der Waals surface area contributed by atoms with E-state index in [1.54, 1.807) is 6.07 Å². The number of aromatic nitrogens is 2. The second kappa shape index (κ2) is 5.44. The molecule has 0 atom stereocenters. The van der Waals surface area contributed by atoms with Crippen molar-refractivity contribution in [3.05, 3.63) is 44.3 Å². The van der Waals surface area contributed by atoms with Gasteiger partial charge in [-0.1, -0.05) is 23.2 Å². The van der Waals surface area contributed by atoms with Gasteiger partial charge in [-0.2, -0.15) is 0 Å². The molecule has 88 valence electrons. The minimum Gasteiger partial charge on any atom is -0.346 e. The molecule has 0 aliphatic carbocycles. The Morgan fingerprint density at radius 2 is 2.06 bits per heavy atom. The average molecular weight is 288 g/mol. The normalized spacial score (nSPS) is 10.2. The summed E-state index contributed by atoms with van der Waals surface area (Å²) in [7, 11) is 0. The van der Waals surface area contributed by atoms with Crippen LogP contribution >= 0.6 is 34.5 Å². The molecule has 2 aromatic rings. The van der Waals surface area contributed by atoms with Crippen LogP contribution in [0.4, 0.5) is 0 Å². The highest BCUT2D eigenvalue weighted by Crippen LogP contribution is 2.21. The van der Waals surface area contributed by atoms with E-state index in [-0.39, 0.29) is 16.8 Å². The van der Waals surface area contributed by atoms with Crippen molar-refractivity contribution in [3.8, 4) is 0 Å². The van der Waals surface area contributed by atoms with Crippen molar-refractivity contribution in [1.29, 1.82) is 0 Å². The van der Waals surface area contributed by atoms with E-state index in [2.05, 4.69) is 15.5 Å². The first-order valence-corrected chi connectivity index (χ1v) is 6.24. The molecule has 2 heterocycles. The van der Waals surface area contributed by atoms with Gasteiger partial charge in [-0.15, -0.1) is 21.5 Å². The summed E-state index contributed by atoms with van der Waals surface area (Å²) in [6.45, 7) is 0.417. The Hall–Kier alpha value is -1.17. The van der Waals surface area contributed by atoms with E-state index in [0.29, 0.717) is 10.9 Å². The number of nitrogens with zero attached hydrogens (tertiary/aromatic N) is 2. The molecular formula is C10H7Cl2N3OS. The number of carbonyl (C=O) groups excluding carboxylic acids is 1. The Balaban J connectivity index is 1.95. The van der Waals surface area contributed by atoms with Crippen LogP contribution in [0.5, 0.6) is 0 Å². The van der Waals surface area contributed by atoms with E-state index in [9.17, 15) is 4.79 Å². The van der Waals surface area contributed by atoms with Crippen LogP contribution < -0.4 is 5.32 Å². The highest BCUT2D eigenvalue weighted by Gasteiger charge is 2.08. The van der Waals surface area contributed by atoms with E-state index < -0.39 is 0 Å². The van der Waals surface area contributed by atoms with Gasteiger partial charge in [-0.25, -0.2) is 0 Å². The van der Waals surface area contributed by atoms with Gasteiger partial charge in [0, 0.05) is 4.88 Å². The number of rotatable bonds is 3. The maximum Gasteiger partial charge on any atom is 0.272 e. The summed E-state index contributed by atoms with van der Waals surface area (Å²) in [5.41, 5.74) is 0.233. The predicted octanol–water partition coefficient (Wildman–Crippen LogP) is 2.77. The summed E-state index contributed by atoms with van der Waals surface area (Å²) in [5, 5.41) is 10.2. The van der Waals surface area contributed by atoms with Gasteiger partial charge in [-0.05, 0) is 24.3 Å². The maximum atomic E-state index is 11.7. The molecule has 0 radical (unpaired) electrons. The molecule has 1 N–H and O–H groups in total. The predicted molar refractivity (Wildman–Crippen MR) is 67.5 cm³/mol. The van der Waals surface area contributed by atoms with Crippen LogP contribution in [0.25, 0.3) is 0 Å². The monoisotopic (exact) mass is 287 g/mol. The first-order valence-electron chi connectivity index (χ1n) is 4.67. The van der Waals surface area contributed by atoms with Crippen LogP contribution in [0.2, 0.25) is 9.49 Å². The molecule has 0 aliphatic rings. The lowest BCUT2D eigenvalue weighted by atomic mass is 10.3. The van der Waals surface area contributed by atoms with Crippen molar-refractivity contribution in [2.75, 3.05) is 0 Å². The van der Waals surface area contributed by atoms with E-state index in [1.165, 1.54) is 23.5 Å². The Morgan fingerprint density at radius 1 is 1.24 bits per heavy atom. The first kappa shape index (κ1) is 12.3. The lowest BCUT2D eigenvalue weighted by Gasteiger charge is -2.01. The quantitative estimate of drug-likeness (QED) is 0.944. The topological polar surface area (TPSA) is 54.9 Å². The zero-order chi connectivity index (χ0) is 12.3. The zero-order valence-electron chi connectivity index (χ0n) is 8.48. The van der Waals surface area contributed by atoms with Crippen molar-refractivity contribution in [1.82, 2.24) is 15.5 Å². The van der Waals surface area contributed by atoms with Crippen molar-refractivity contribution in [3.63, 3.8) is 0 Å². The Labute approximate surface area is 112 Å². The summed E-state index contributed by atoms with van der Waals surface area (Å²) in [6, 6.07) is 6.69. The molecule has 0 bridgehead atoms. The summed E-state index contributed by atoms with van der Waals surface area (Å²) in [6.07, 6.45) is 0. The Morgan fingerprint density at radius 3 is 2.65 bits per heavy atom. The molecule has 0 aromatic carbocycles. The van der Waals surface area contributed by atoms with E-state index in [0.717, 1.165) is 4.88 Å².